The lowest BCUT2D eigenvalue weighted by molar-refractivity contribution is 0.282. The van der Waals surface area contributed by atoms with E-state index < -0.39 is 65.2 Å². The number of nitrogen functional groups attached to an aromatic ring is 1. The van der Waals surface area contributed by atoms with E-state index in [2.05, 4.69) is 80.2 Å². The number of thioether (sulfide) groups is 2. The Bertz CT molecular complexity index is 2570. The normalized spacial score (nSPS) is 12.3. The average Bonchev–Trinajstić information content (AvgIpc) is 3.21. The molecule has 0 aliphatic heterocycles. The lowest BCUT2D eigenvalue weighted by atomic mass is 10.3. The van der Waals surface area contributed by atoms with Gasteiger partial charge in [-0.05, 0) is 48.5 Å². The fourth-order valence-corrected chi connectivity index (χ4v) is 8.86. The second-order valence-electron chi connectivity index (χ2n) is 11.5. The summed E-state index contributed by atoms with van der Waals surface area (Å²) in [5.41, 5.74) is 3.07. The molecule has 3 aromatic heterocycles. The molecule has 26 nitrogen and oxygen atoms in total. The van der Waals surface area contributed by atoms with Crippen LogP contribution in [0.1, 0.15) is 0 Å². The van der Waals surface area contributed by atoms with Gasteiger partial charge in [0.1, 0.15) is 12.7 Å². The van der Waals surface area contributed by atoms with Crippen molar-refractivity contribution in [1.29, 1.82) is 0 Å². The molecule has 3 heterocycles. The summed E-state index contributed by atoms with van der Waals surface area (Å²) >= 11 is 2.57. The van der Waals surface area contributed by atoms with Gasteiger partial charge in [0.15, 0.2) is 31.4 Å². The molecule has 5 rings (SSSR count). The van der Waals surface area contributed by atoms with Crippen molar-refractivity contribution < 1.29 is 52.6 Å². The fourth-order valence-electron chi connectivity index (χ4n) is 4.44. The van der Waals surface area contributed by atoms with Gasteiger partial charge in [-0.25, -0.2) is 45.1 Å². The van der Waals surface area contributed by atoms with Crippen molar-refractivity contribution in [2.75, 3.05) is 76.3 Å². The molecule has 2 aromatic carbocycles. The van der Waals surface area contributed by atoms with E-state index in [9.17, 15) is 33.7 Å². The molecule has 0 unspecified atom stereocenters. The lowest BCUT2D eigenvalue weighted by Gasteiger charge is -2.09. The van der Waals surface area contributed by atoms with E-state index in [4.69, 9.17) is 10.5 Å². The molecular weight excluding hydrogens is 929 g/mol. The maximum Gasteiger partial charge on any atom is 0.397 e. The van der Waals surface area contributed by atoms with Crippen LogP contribution < -0.4 is 27.0 Å². The van der Waals surface area contributed by atoms with Gasteiger partial charge in [-0.3, -0.25) is 9.11 Å². The Kier molecular flexibility index (Phi) is 15.7. The Morgan fingerprint density at radius 1 is 0.574 bits per heavy atom. The minimum atomic E-state index is -4.77. The number of anilines is 7. The molecule has 61 heavy (non-hydrogen) atoms. The second kappa shape index (κ2) is 21.1. The van der Waals surface area contributed by atoms with Crippen molar-refractivity contribution in [3.63, 3.8) is 0 Å². The van der Waals surface area contributed by atoms with Gasteiger partial charge >= 0.3 is 20.8 Å². The van der Waals surface area contributed by atoms with Crippen LogP contribution in [0.4, 0.5) is 41.1 Å². The van der Waals surface area contributed by atoms with E-state index in [1.165, 1.54) is 84.7 Å². The number of nitrogens with one attached hydrogen (secondary N) is 4. The van der Waals surface area contributed by atoms with Crippen molar-refractivity contribution in [3.8, 4) is 0 Å². The Morgan fingerprint density at radius 3 is 1.34 bits per heavy atom. The van der Waals surface area contributed by atoms with Crippen LogP contribution >= 0.6 is 23.5 Å². The van der Waals surface area contributed by atoms with Crippen LogP contribution in [0, 0.1) is 0 Å². The average molecular weight is 964 g/mol. The molecule has 8 N–H and O–H groups in total. The number of rotatable bonds is 25. The zero-order chi connectivity index (χ0) is 44.8. The van der Waals surface area contributed by atoms with E-state index >= 15 is 0 Å². The van der Waals surface area contributed by atoms with Gasteiger partial charge in [-0.1, -0.05) is 23.5 Å². The predicted octanol–water partition coefficient (Wildman–Crippen LogP) is 0.906. The zero-order valence-electron chi connectivity index (χ0n) is 31.9. The van der Waals surface area contributed by atoms with Gasteiger partial charge in [0.25, 0.3) is 0 Å². The minimum absolute atomic E-state index is 0.0425. The van der Waals surface area contributed by atoms with E-state index in [1.807, 2.05) is 0 Å². The number of hydrogen-bond acceptors (Lipinski definition) is 26. The summed E-state index contributed by atoms with van der Waals surface area (Å²) < 4.78 is 125. The summed E-state index contributed by atoms with van der Waals surface area (Å²) in [6.45, 7) is -0.750. The first-order valence-corrected chi connectivity index (χ1v) is 24.8. The topological polar surface area (TPSA) is 386 Å². The zero-order valence-corrected chi connectivity index (χ0v) is 35.8. The fraction of sp³-hybridized carbons (Fsp3) is 0.276. The number of aromatic nitrogens is 9. The van der Waals surface area contributed by atoms with Gasteiger partial charge in [0, 0.05) is 36.0 Å². The van der Waals surface area contributed by atoms with Gasteiger partial charge in [-0.15, -0.1) is 0 Å². The monoisotopic (exact) mass is 963 g/mol. The minimum Gasteiger partial charge on any atom is -0.368 e. The van der Waals surface area contributed by atoms with Gasteiger partial charge in [-0.2, -0.15) is 41.8 Å². The van der Waals surface area contributed by atoms with Crippen LogP contribution in [0.2, 0.25) is 1.41 Å². The first-order chi connectivity index (χ1) is 29.4. The van der Waals surface area contributed by atoms with Crippen LogP contribution in [-0.2, 0) is 48.8 Å². The first kappa shape index (κ1) is 45.3. The highest BCUT2D eigenvalue weighted by atomic mass is 32.3. The number of hydrogen-bond donors (Lipinski definition) is 7. The summed E-state index contributed by atoms with van der Waals surface area (Å²) in [6.07, 6.45) is 2.54. The molecule has 0 atom stereocenters. The highest BCUT2D eigenvalue weighted by molar-refractivity contribution is 7.99. The van der Waals surface area contributed by atoms with Crippen LogP contribution in [0.5, 0.6) is 0 Å². The predicted molar refractivity (Wildman–Crippen MR) is 221 cm³/mol. The van der Waals surface area contributed by atoms with Gasteiger partial charge in [0.05, 0.1) is 34.5 Å². The van der Waals surface area contributed by atoms with Crippen LogP contribution in [0.3, 0.4) is 0 Å². The third-order valence-electron chi connectivity index (χ3n) is 7.08. The van der Waals surface area contributed by atoms with Crippen molar-refractivity contribution in [1.82, 2.24) is 44.9 Å². The third-order valence-corrected chi connectivity index (χ3v) is 13.1. The van der Waals surface area contributed by atoms with E-state index in [1.54, 1.807) is 0 Å². The van der Waals surface area contributed by atoms with Crippen molar-refractivity contribution in [2.24, 2.45) is 0 Å². The molecule has 0 amide bonds. The molecule has 0 saturated carbocycles. The summed E-state index contributed by atoms with van der Waals surface area (Å²) in [5.74, 6) is 0.419. The molecule has 32 heteroatoms. The summed E-state index contributed by atoms with van der Waals surface area (Å²) in [7, 11) is -17.3. The van der Waals surface area contributed by atoms with Crippen LogP contribution in [0.15, 0.2) is 81.3 Å². The highest BCUT2D eigenvalue weighted by Gasteiger charge is 2.18. The molecule has 0 spiro atoms. The number of benzene rings is 2. The third kappa shape index (κ3) is 16.3. The molecule has 0 bridgehead atoms. The molecule has 328 valence electrons. The SMILES string of the molecule is [2H]Nc1nc(SCCNc2ncnc(Nc3ccc(S(=O)(=O)CCOS(=O)(=O)O)cc3)n2)nc(SCCNc2ncnc(Nc3ccc(S(=O)(=O)CCOS(=O)(=O)O)cc3)n2)n1. The number of nitrogens with two attached hydrogens (primary N) is 1. The van der Waals surface area contributed by atoms with E-state index in [0.717, 1.165) is 0 Å². The van der Waals surface area contributed by atoms with E-state index in [0.29, 0.717) is 46.3 Å². The Hall–Kier alpha value is -5.19. The Morgan fingerprint density at radius 2 is 0.967 bits per heavy atom. The maximum atomic E-state index is 12.4. The Labute approximate surface area is 358 Å². The maximum absolute atomic E-state index is 12.4. The number of nitrogens with zero attached hydrogens (tertiary/aromatic N) is 9. The van der Waals surface area contributed by atoms with E-state index in [-0.39, 0.29) is 39.5 Å². The summed E-state index contributed by atoms with van der Waals surface area (Å²) in [5, 5.41) is 12.7. The number of sulfone groups is 2. The second-order valence-corrected chi connectivity index (χ2v) is 20.0. The molecule has 0 aliphatic carbocycles. The quantitative estimate of drug-likeness (QED) is 0.0243. The smallest absolute Gasteiger partial charge is 0.368 e. The lowest BCUT2D eigenvalue weighted by Crippen LogP contribution is -2.15. The molecule has 0 saturated heterocycles. The van der Waals surface area contributed by atoms with Crippen LogP contribution in [0.25, 0.3) is 0 Å². The summed E-state index contributed by atoms with van der Waals surface area (Å²) in [6, 6.07) is 11.0. The molecule has 0 fully saturated rings. The highest BCUT2D eigenvalue weighted by Crippen LogP contribution is 2.22. The Balaban J connectivity index is 1.05. The summed E-state index contributed by atoms with van der Waals surface area (Å²) in [4.78, 5) is 37.6. The molecule has 5 aromatic rings. The van der Waals surface area contributed by atoms with Crippen molar-refractivity contribution in [3.05, 3.63) is 61.2 Å². The molecular formula is C29H34N14O12S6. The largest absolute Gasteiger partial charge is 0.397 e. The van der Waals surface area contributed by atoms with Crippen LogP contribution in [-0.4, -0.2) is 137 Å². The van der Waals surface area contributed by atoms with Crippen molar-refractivity contribution in [2.45, 2.75) is 20.1 Å². The van der Waals surface area contributed by atoms with Crippen molar-refractivity contribution >= 4 is 105 Å². The first-order valence-electron chi connectivity index (χ1n) is 17.3. The molecule has 0 aliphatic rings. The van der Waals surface area contributed by atoms with Gasteiger partial charge < -0.3 is 27.0 Å². The molecule has 0 radical (unpaired) electrons. The van der Waals surface area contributed by atoms with Gasteiger partial charge in [0.2, 0.25) is 29.7 Å². The standard InChI is InChI=1S/C29H34N14O12S6/c30-23-39-28(56-13-9-31-24-33-17-35-26(41-24)37-19-1-5-21(6-2-19)58(44,45)15-11-54-60(48,49)50)43-29(40-23)57-14-10-32-25-34-18-36-27(42-25)38-20-3-7-22(8-4-20)59(46,47)16-12-55-61(51,52)53/h1-8,17-18H,9-16H2,(H,48,49,50)(H,51,52,53)(H2,30,39,40,43)(H2,31,33,35,37,41)(H2,32,34,36,38,42)/i/hD.